The molecule has 31 heavy (non-hydrogen) atoms. The van der Waals surface area contributed by atoms with Crippen LogP contribution < -0.4 is 4.74 Å². The summed E-state index contributed by atoms with van der Waals surface area (Å²) in [6.07, 6.45) is 5.27. The van der Waals surface area contributed by atoms with E-state index < -0.39 is 5.60 Å². The van der Waals surface area contributed by atoms with Gasteiger partial charge in [0.25, 0.3) is 0 Å². The summed E-state index contributed by atoms with van der Waals surface area (Å²) in [7, 11) is 1.70. The predicted octanol–water partition coefficient (Wildman–Crippen LogP) is 5.05. The van der Waals surface area contributed by atoms with Gasteiger partial charge in [-0.25, -0.2) is 0 Å². The lowest BCUT2D eigenvalue weighted by atomic mass is 9.72. The number of ether oxygens (including phenoxy) is 1. The number of piperazine rings is 1. The van der Waals surface area contributed by atoms with Crippen LogP contribution in [0.1, 0.15) is 49.1 Å². The van der Waals surface area contributed by atoms with Crippen LogP contribution in [0.25, 0.3) is 0 Å². The van der Waals surface area contributed by atoms with E-state index in [4.69, 9.17) is 4.74 Å². The Morgan fingerprint density at radius 2 is 1.65 bits per heavy atom. The van der Waals surface area contributed by atoms with Gasteiger partial charge >= 0.3 is 0 Å². The van der Waals surface area contributed by atoms with Crippen LogP contribution in [0, 0.1) is 0 Å². The third kappa shape index (κ3) is 5.70. The number of halogens is 1. The highest BCUT2D eigenvalue weighted by Gasteiger charge is 2.40. The lowest BCUT2D eigenvalue weighted by Gasteiger charge is -2.43. The summed E-state index contributed by atoms with van der Waals surface area (Å²) < 4.78 is 6.40. The smallest absolute Gasteiger partial charge is 0.133 e. The zero-order valence-electron chi connectivity index (χ0n) is 18.6. The molecule has 0 aromatic heterocycles. The minimum absolute atomic E-state index is 0.121. The fourth-order valence-electron chi connectivity index (χ4n) is 5.23. The van der Waals surface area contributed by atoms with Crippen molar-refractivity contribution in [3.8, 4) is 5.75 Å². The van der Waals surface area contributed by atoms with Crippen LogP contribution in [0.4, 0.5) is 0 Å². The molecule has 1 atom stereocenters. The van der Waals surface area contributed by atoms with Crippen molar-refractivity contribution in [2.75, 3.05) is 39.8 Å². The number of benzene rings is 2. The molecule has 0 radical (unpaired) electrons. The van der Waals surface area contributed by atoms with Gasteiger partial charge in [0.2, 0.25) is 0 Å². The molecule has 0 amide bonds. The maximum atomic E-state index is 11.7. The Hall–Kier alpha value is -1.40. The van der Waals surface area contributed by atoms with Crippen LogP contribution in [0.2, 0.25) is 0 Å². The van der Waals surface area contributed by atoms with Crippen molar-refractivity contribution in [3.63, 3.8) is 0 Å². The summed E-state index contributed by atoms with van der Waals surface area (Å²) in [5.74, 6) is 0.961. The SMILES string of the molecule is COc1ccc(C(CN2CCN(Cc3ccccc3)CC2)C2(O)CCCCC2)cc1Br. The highest BCUT2D eigenvalue weighted by molar-refractivity contribution is 9.10. The van der Waals surface area contributed by atoms with Gasteiger partial charge in [-0.05, 0) is 52.0 Å². The Kier molecular flexibility index (Phi) is 7.70. The average molecular weight is 487 g/mol. The van der Waals surface area contributed by atoms with Crippen LogP contribution in [0.5, 0.6) is 5.75 Å². The van der Waals surface area contributed by atoms with Crippen LogP contribution in [-0.4, -0.2) is 60.3 Å². The zero-order valence-corrected chi connectivity index (χ0v) is 20.2. The Balaban J connectivity index is 1.45. The van der Waals surface area contributed by atoms with E-state index in [1.807, 2.05) is 6.07 Å². The maximum Gasteiger partial charge on any atom is 0.133 e. The molecule has 1 saturated carbocycles. The van der Waals surface area contributed by atoms with Crippen molar-refractivity contribution < 1.29 is 9.84 Å². The molecule has 5 heteroatoms. The molecule has 0 spiro atoms. The van der Waals surface area contributed by atoms with Gasteiger partial charge in [0.05, 0.1) is 17.2 Å². The van der Waals surface area contributed by atoms with Gasteiger partial charge < -0.3 is 14.7 Å². The summed E-state index contributed by atoms with van der Waals surface area (Å²) in [4.78, 5) is 5.09. The van der Waals surface area contributed by atoms with Crippen LogP contribution >= 0.6 is 15.9 Å². The van der Waals surface area contributed by atoms with E-state index in [-0.39, 0.29) is 5.92 Å². The third-order valence-electron chi connectivity index (χ3n) is 7.10. The molecule has 1 unspecified atom stereocenters. The van der Waals surface area contributed by atoms with Crippen molar-refractivity contribution in [2.24, 2.45) is 0 Å². The number of methoxy groups -OCH3 is 1. The van der Waals surface area contributed by atoms with Gasteiger partial charge in [-0.2, -0.15) is 0 Å². The standard InChI is InChI=1S/C26H35BrN2O2/c1-31-25-11-10-22(18-24(25)27)23(26(30)12-6-3-7-13-26)20-29-16-14-28(15-17-29)19-21-8-4-2-5-9-21/h2,4-5,8-11,18,23,30H,3,6-7,12-17,19-20H2,1H3. The summed E-state index contributed by atoms with van der Waals surface area (Å²) in [5, 5.41) is 11.7. The van der Waals surface area contributed by atoms with Crippen LogP contribution in [-0.2, 0) is 6.54 Å². The van der Waals surface area contributed by atoms with Crippen molar-refractivity contribution in [2.45, 2.75) is 50.2 Å². The Morgan fingerprint density at radius 1 is 0.968 bits per heavy atom. The summed E-state index contributed by atoms with van der Waals surface area (Å²) in [6.45, 7) is 6.19. The second-order valence-corrected chi connectivity index (χ2v) is 10.0. The minimum Gasteiger partial charge on any atom is -0.496 e. The Labute approximate surface area is 195 Å². The van der Waals surface area contributed by atoms with E-state index in [0.29, 0.717) is 0 Å². The first-order chi connectivity index (χ1) is 15.1. The van der Waals surface area contributed by atoms with Gasteiger partial charge in [0.1, 0.15) is 5.75 Å². The molecule has 2 aromatic carbocycles. The Bertz CT molecular complexity index is 831. The fourth-order valence-corrected chi connectivity index (χ4v) is 5.79. The third-order valence-corrected chi connectivity index (χ3v) is 7.72. The molecule has 1 aliphatic carbocycles. The van der Waals surface area contributed by atoms with E-state index >= 15 is 0 Å². The molecule has 2 fully saturated rings. The first-order valence-electron chi connectivity index (χ1n) is 11.6. The van der Waals surface area contributed by atoms with E-state index in [9.17, 15) is 5.11 Å². The zero-order chi connectivity index (χ0) is 21.7. The number of hydrogen-bond donors (Lipinski definition) is 1. The molecule has 1 saturated heterocycles. The molecule has 2 aliphatic rings. The Morgan fingerprint density at radius 3 is 2.29 bits per heavy atom. The van der Waals surface area contributed by atoms with Crippen molar-refractivity contribution in [1.29, 1.82) is 0 Å². The van der Waals surface area contributed by atoms with Gasteiger partial charge in [-0.1, -0.05) is 55.7 Å². The number of nitrogens with zero attached hydrogens (tertiary/aromatic N) is 2. The number of rotatable bonds is 7. The molecular weight excluding hydrogens is 452 g/mol. The van der Waals surface area contributed by atoms with Crippen molar-refractivity contribution >= 4 is 15.9 Å². The largest absolute Gasteiger partial charge is 0.496 e. The molecule has 4 rings (SSSR count). The van der Waals surface area contributed by atoms with Gasteiger partial charge in [0, 0.05) is 45.2 Å². The topological polar surface area (TPSA) is 35.9 Å². The number of aliphatic hydroxyl groups is 1. The molecule has 1 heterocycles. The van der Waals surface area contributed by atoms with E-state index in [2.05, 4.69) is 68.2 Å². The second-order valence-electron chi connectivity index (χ2n) is 9.17. The predicted molar refractivity (Wildman–Crippen MR) is 130 cm³/mol. The van der Waals surface area contributed by atoms with E-state index in [0.717, 1.165) is 75.2 Å². The van der Waals surface area contributed by atoms with Gasteiger partial charge in [-0.3, -0.25) is 4.90 Å². The first kappa shape index (κ1) is 22.8. The molecule has 1 N–H and O–H groups in total. The van der Waals surface area contributed by atoms with Crippen molar-refractivity contribution in [1.82, 2.24) is 9.80 Å². The fraction of sp³-hybridized carbons (Fsp3) is 0.538. The molecule has 168 valence electrons. The summed E-state index contributed by atoms with van der Waals surface area (Å²) >= 11 is 3.65. The lowest BCUT2D eigenvalue weighted by Crippen LogP contribution is -2.50. The molecule has 0 bridgehead atoms. The van der Waals surface area contributed by atoms with E-state index in [1.54, 1.807) is 7.11 Å². The number of hydrogen-bond acceptors (Lipinski definition) is 4. The van der Waals surface area contributed by atoms with Crippen LogP contribution in [0.3, 0.4) is 0 Å². The summed E-state index contributed by atoms with van der Waals surface area (Å²) in [6, 6.07) is 17.1. The van der Waals surface area contributed by atoms with Gasteiger partial charge in [-0.15, -0.1) is 0 Å². The quantitative estimate of drug-likeness (QED) is 0.593. The molecule has 4 nitrogen and oxygen atoms in total. The van der Waals surface area contributed by atoms with Gasteiger partial charge in [0.15, 0.2) is 0 Å². The minimum atomic E-state index is -0.618. The summed E-state index contributed by atoms with van der Waals surface area (Å²) in [5.41, 5.74) is 1.98. The average Bonchev–Trinajstić information content (AvgIpc) is 2.79. The van der Waals surface area contributed by atoms with Crippen LogP contribution in [0.15, 0.2) is 53.0 Å². The lowest BCUT2D eigenvalue weighted by molar-refractivity contribution is -0.0344. The monoisotopic (exact) mass is 486 g/mol. The van der Waals surface area contributed by atoms with Crippen molar-refractivity contribution in [3.05, 3.63) is 64.1 Å². The normalized spacial score (nSPS) is 21.0. The first-order valence-corrected chi connectivity index (χ1v) is 12.4. The van der Waals surface area contributed by atoms with E-state index in [1.165, 1.54) is 17.5 Å². The molecule has 2 aromatic rings. The maximum absolute atomic E-state index is 11.7. The second kappa shape index (κ2) is 10.5. The molecule has 1 aliphatic heterocycles. The highest BCUT2D eigenvalue weighted by Crippen LogP contribution is 2.42. The highest BCUT2D eigenvalue weighted by atomic mass is 79.9. The molecular formula is C26H35BrN2O2.